The molecule has 1 saturated heterocycles. The number of urea groups is 1. The van der Waals surface area contributed by atoms with E-state index in [1.54, 1.807) is 6.07 Å². The Morgan fingerprint density at radius 2 is 2.05 bits per heavy atom. The average molecular weight is 326 g/mol. The Hall–Kier alpha value is -2.32. The number of hydrogen-bond acceptors (Lipinski definition) is 6. The first kappa shape index (κ1) is 16.1. The molecule has 8 nitrogen and oxygen atoms in total. The van der Waals surface area contributed by atoms with Crippen LogP contribution in [0.15, 0.2) is 18.2 Å². The molecule has 0 bridgehead atoms. The summed E-state index contributed by atoms with van der Waals surface area (Å²) in [5.74, 6) is -3.73. The number of aromatic nitrogens is 1. The lowest BCUT2D eigenvalue weighted by molar-refractivity contribution is -0.761. The number of carboxylic acid groups (broad SMARTS) is 1. The SMILES string of the molecule is CC[N+]1(CC(=O)[O-])C(=O)C(=O)N(Cc2cccc(Cl)n2)C1=O. The third-order valence-electron chi connectivity index (χ3n) is 3.45. The molecule has 1 atom stereocenters. The lowest BCUT2D eigenvalue weighted by Gasteiger charge is -2.25. The van der Waals surface area contributed by atoms with Crippen LogP contribution in [-0.4, -0.2) is 51.3 Å². The van der Waals surface area contributed by atoms with Gasteiger partial charge >= 0.3 is 17.8 Å². The lowest BCUT2D eigenvalue weighted by atomic mass is 10.3. The number of carboxylic acids is 1. The molecule has 22 heavy (non-hydrogen) atoms. The molecule has 2 rings (SSSR count). The number of nitrogens with zero attached hydrogens (tertiary/aromatic N) is 3. The van der Waals surface area contributed by atoms with Crippen molar-refractivity contribution in [1.29, 1.82) is 0 Å². The molecule has 0 radical (unpaired) electrons. The topological polar surface area (TPSA) is 107 Å². The number of aliphatic carboxylic acids is 1. The van der Waals surface area contributed by atoms with Gasteiger partial charge in [-0.3, -0.25) is 4.79 Å². The molecule has 0 N–H and O–H groups in total. The van der Waals surface area contributed by atoms with Crippen molar-refractivity contribution in [3.63, 3.8) is 0 Å². The molecule has 9 heteroatoms. The van der Waals surface area contributed by atoms with E-state index in [4.69, 9.17) is 11.6 Å². The maximum Gasteiger partial charge on any atom is 0.435 e. The number of quaternary nitrogens is 1. The van der Waals surface area contributed by atoms with E-state index in [-0.39, 0.29) is 18.2 Å². The van der Waals surface area contributed by atoms with Gasteiger partial charge in [-0.2, -0.15) is 4.48 Å². The average Bonchev–Trinajstić information content (AvgIpc) is 2.63. The zero-order valence-electron chi connectivity index (χ0n) is 11.6. The molecule has 116 valence electrons. The second kappa shape index (κ2) is 5.82. The standard InChI is InChI=1S/C13H12ClN3O5/c1-2-17(7-10(18)19)12(21)11(20)16(13(17)22)6-8-4-3-5-9(14)15-8/h3-5H,2,6-7H2,1H3. The lowest BCUT2D eigenvalue weighted by Crippen LogP contribution is -2.58. The van der Waals surface area contributed by atoms with Gasteiger partial charge in [-0.25, -0.2) is 19.5 Å². The number of carbonyl (C=O) groups is 4. The Kier molecular flexibility index (Phi) is 4.25. The van der Waals surface area contributed by atoms with E-state index in [0.29, 0.717) is 10.6 Å². The number of pyridine rings is 1. The molecule has 1 fully saturated rings. The van der Waals surface area contributed by atoms with Crippen molar-refractivity contribution < 1.29 is 28.8 Å². The molecule has 4 amide bonds. The highest BCUT2D eigenvalue weighted by Crippen LogP contribution is 2.23. The van der Waals surface area contributed by atoms with Crippen molar-refractivity contribution in [2.45, 2.75) is 13.5 Å². The number of halogens is 1. The smallest absolute Gasteiger partial charge is 0.435 e. The molecular weight excluding hydrogens is 314 g/mol. The molecule has 0 spiro atoms. The van der Waals surface area contributed by atoms with Crippen molar-refractivity contribution >= 4 is 35.4 Å². The van der Waals surface area contributed by atoms with Gasteiger partial charge in [0.2, 0.25) is 0 Å². The van der Waals surface area contributed by atoms with E-state index < -0.39 is 34.8 Å². The van der Waals surface area contributed by atoms with E-state index in [0.717, 1.165) is 0 Å². The van der Waals surface area contributed by atoms with Crippen molar-refractivity contribution in [2.75, 3.05) is 13.1 Å². The van der Waals surface area contributed by atoms with Crippen LogP contribution in [-0.2, 0) is 20.9 Å². The summed E-state index contributed by atoms with van der Waals surface area (Å²) in [6, 6.07) is 3.74. The molecule has 1 aliphatic rings. The molecule has 2 heterocycles. The molecule has 0 aliphatic carbocycles. The maximum absolute atomic E-state index is 12.4. The molecule has 1 aromatic heterocycles. The van der Waals surface area contributed by atoms with Gasteiger partial charge in [0.15, 0.2) is 0 Å². The minimum Gasteiger partial charge on any atom is -0.544 e. The van der Waals surface area contributed by atoms with Gasteiger partial charge < -0.3 is 9.90 Å². The van der Waals surface area contributed by atoms with E-state index >= 15 is 0 Å². The first-order valence-electron chi connectivity index (χ1n) is 6.41. The Morgan fingerprint density at radius 1 is 1.36 bits per heavy atom. The summed E-state index contributed by atoms with van der Waals surface area (Å²) in [6.45, 7) is 0.167. The first-order chi connectivity index (χ1) is 10.3. The Balaban J connectivity index is 2.34. The van der Waals surface area contributed by atoms with Crippen LogP contribution in [0.4, 0.5) is 4.79 Å². The summed E-state index contributed by atoms with van der Waals surface area (Å²) in [5, 5.41) is 11.0. The largest absolute Gasteiger partial charge is 0.544 e. The summed E-state index contributed by atoms with van der Waals surface area (Å²) in [7, 11) is 0. The van der Waals surface area contributed by atoms with Crippen molar-refractivity contribution in [2.24, 2.45) is 0 Å². The molecular formula is C13H12ClN3O5. The second-order valence-electron chi connectivity index (χ2n) is 4.74. The van der Waals surface area contributed by atoms with Gasteiger partial charge in [-0.05, 0) is 19.1 Å². The van der Waals surface area contributed by atoms with Crippen molar-refractivity contribution in [3.8, 4) is 0 Å². The van der Waals surface area contributed by atoms with Crippen LogP contribution in [0.5, 0.6) is 0 Å². The molecule has 0 saturated carbocycles. The predicted molar refractivity (Wildman–Crippen MR) is 70.9 cm³/mol. The number of carbonyl (C=O) groups excluding carboxylic acids is 4. The highest BCUT2D eigenvalue weighted by Gasteiger charge is 2.60. The zero-order valence-corrected chi connectivity index (χ0v) is 12.4. The van der Waals surface area contributed by atoms with Crippen molar-refractivity contribution in [1.82, 2.24) is 9.88 Å². The minimum absolute atomic E-state index is 0.156. The van der Waals surface area contributed by atoms with Gasteiger partial charge in [0.25, 0.3) is 0 Å². The monoisotopic (exact) mass is 325 g/mol. The van der Waals surface area contributed by atoms with Crippen LogP contribution in [0.1, 0.15) is 12.6 Å². The molecule has 1 unspecified atom stereocenters. The Bertz CT molecular complexity index is 677. The minimum atomic E-state index is -1.58. The van der Waals surface area contributed by atoms with Crippen LogP contribution in [0.2, 0.25) is 5.15 Å². The van der Waals surface area contributed by atoms with Crippen LogP contribution in [0.25, 0.3) is 0 Å². The van der Waals surface area contributed by atoms with Gasteiger partial charge in [0, 0.05) is 0 Å². The summed E-state index contributed by atoms with van der Waals surface area (Å²) in [5.41, 5.74) is 0.312. The first-order valence-corrected chi connectivity index (χ1v) is 6.79. The highest BCUT2D eigenvalue weighted by atomic mass is 35.5. The van der Waals surface area contributed by atoms with Crippen LogP contribution in [0, 0.1) is 0 Å². The Labute approximate surface area is 130 Å². The molecule has 0 aromatic carbocycles. The van der Waals surface area contributed by atoms with Gasteiger partial charge in [0.05, 0.1) is 24.8 Å². The quantitative estimate of drug-likeness (QED) is 0.307. The van der Waals surface area contributed by atoms with Gasteiger partial charge in [-0.15, -0.1) is 0 Å². The fourth-order valence-corrected chi connectivity index (χ4v) is 2.47. The van der Waals surface area contributed by atoms with E-state index in [2.05, 4.69) is 4.98 Å². The third-order valence-corrected chi connectivity index (χ3v) is 3.66. The summed E-state index contributed by atoms with van der Waals surface area (Å²) in [4.78, 5) is 52.0. The number of rotatable bonds is 5. The predicted octanol–water partition coefficient (Wildman–Crippen LogP) is -0.690. The number of amides is 4. The summed E-state index contributed by atoms with van der Waals surface area (Å²) >= 11 is 5.73. The fraction of sp³-hybridized carbons (Fsp3) is 0.308. The molecule has 1 aromatic rings. The van der Waals surface area contributed by atoms with Crippen LogP contribution in [0.3, 0.4) is 0 Å². The van der Waals surface area contributed by atoms with E-state index in [9.17, 15) is 24.3 Å². The summed E-state index contributed by atoms with van der Waals surface area (Å²) < 4.78 is -1.11. The maximum atomic E-state index is 12.4. The van der Waals surface area contributed by atoms with Gasteiger partial charge in [0.1, 0.15) is 11.7 Å². The number of imide groups is 2. The van der Waals surface area contributed by atoms with Crippen LogP contribution < -0.4 is 5.11 Å². The summed E-state index contributed by atoms with van der Waals surface area (Å²) in [6.07, 6.45) is 0. The van der Waals surface area contributed by atoms with E-state index in [1.165, 1.54) is 19.1 Å². The van der Waals surface area contributed by atoms with Gasteiger partial charge in [-0.1, -0.05) is 17.7 Å². The van der Waals surface area contributed by atoms with Crippen molar-refractivity contribution in [3.05, 3.63) is 29.0 Å². The zero-order chi connectivity index (χ0) is 16.5. The Morgan fingerprint density at radius 3 is 2.59 bits per heavy atom. The fourth-order valence-electron chi connectivity index (χ4n) is 2.29. The van der Waals surface area contributed by atoms with E-state index in [1.807, 2.05) is 0 Å². The third kappa shape index (κ3) is 2.58. The highest BCUT2D eigenvalue weighted by molar-refractivity contribution is 6.40. The van der Waals surface area contributed by atoms with Crippen LogP contribution >= 0.6 is 11.6 Å². The normalized spacial score (nSPS) is 21.5. The molecule has 1 aliphatic heterocycles. The number of hydrogen-bond donors (Lipinski definition) is 0. The number of likely N-dealkylation sites (N-methyl/N-ethyl adjacent to an activating group) is 1. The second-order valence-corrected chi connectivity index (χ2v) is 5.13.